The molecule has 23 heavy (non-hydrogen) atoms. The zero-order chi connectivity index (χ0) is 15.5. The van der Waals surface area contributed by atoms with Crippen LogP contribution in [0.25, 0.3) is 10.8 Å². The Morgan fingerprint density at radius 1 is 1.17 bits per heavy atom. The molecular weight excluding hydrogens is 308 g/mol. The van der Waals surface area contributed by atoms with Gasteiger partial charge in [-0.1, -0.05) is 17.4 Å². The Hall–Kier alpha value is -2.05. The minimum absolute atomic E-state index is 0.515. The van der Waals surface area contributed by atoms with E-state index in [1.807, 2.05) is 30.6 Å². The Bertz CT molecular complexity index is 733. The molecular formula is C17H18N4OS. The van der Waals surface area contributed by atoms with Gasteiger partial charge in [-0.05, 0) is 49.7 Å². The summed E-state index contributed by atoms with van der Waals surface area (Å²) in [6, 6.07) is 7.95. The van der Waals surface area contributed by atoms with Crippen LogP contribution in [-0.4, -0.2) is 33.2 Å². The van der Waals surface area contributed by atoms with Gasteiger partial charge in [-0.3, -0.25) is 9.88 Å². The van der Waals surface area contributed by atoms with E-state index < -0.39 is 0 Å². The van der Waals surface area contributed by atoms with Crippen molar-refractivity contribution in [3.8, 4) is 10.8 Å². The lowest BCUT2D eigenvalue weighted by atomic mass is 9.97. The molecule has 118 valence electrons. The molecule has 0 amide bonds. The summed E-state index contributed by atoms with van der Waals surface area (Å²) >= 11 is 1.66. The molecule has 5 nitrogen and oxygen atoms in total. The molecule has 0 aliphatic carbocycles. The zero-order valence-corrected chi connectivity index (χ0v) is 13.6. The van der Waals surface area contributed by atoms with E-state index in [0.717, 1.165) is 48.3 Å². The number of pyridine rings is 1. The van der Waals surface area contributed by atoms with Gasteiger partial charge in [0.1, 0.15) is 5.01 Å². The fraction of sp³-hybridized carbons (Fsp3) is 0.353. The Kier molecular flexibility index (Phi) is 4.17. The van der Waals surface area contributed by atoms with E-state index in [2.05, 4.69) is 26.1 Å². The van der Waals surface area contributed by atoms with Gasteiger partial charge in [0, 0.05) is 24.9 Å². The highest BCUT2D eigenvalue weighted by molar-refractivity contribution is 7.14. The van der Waals surface area contributed by atoms with Crippen LogP contribution in [0.1, 0.15) is 29.3 Å². The summed E-state index contributed by atoms with van der Waals surface area (Å²) in [6.45, 7) is 3.17. The van der Waals surface area contributed by atoms with Crippen molar-refractivity contribution >= 4 is 11.3 Å². The van der Waals surface area contributed by atoms with Crippen LogP contribution < -0.4 is 0 Å². The molecule has 0 radical (unpaired) electrons. The molecule has 1 aliphatic rings. The van der Waals surface area contributed by atoms with E-state index in [9.17, 15) is 0 Å². The van der Waals surface area contributed by atoms with Gasteiger partial charge in [0.15, 0.2) is 10.8 Å². The minimum atomic E-state index is 0.515. The van der Waals surface area contributed by atoms with Gasteiger partial charge in [0.2, 0.25) is 0 Å². The number of rotatable bonds is 4. The lowest BCUT2D eigenvalue weighted by Gasteiger charge is -2.30. The van der Waals surface area contributed by atoms with Crippen LogP contribution in [0.3, 0.4) is 0 Å². The summed E-state index contributed by atoms with van der Waals surface area (Å²) in [5.41, 5.74) is 1.28. The highest BCUT2D eigenvalue weighted by Crippen LogP contribution is 2.33. The van der Waals surface area contributed by atoms with Crippen molar-refractivity contribution in [3.63, 3.8) is 0 Å². The SMILES string of the molecule is c1cncc(CN2CCC(c3nnc(-c4ccco4)s3)CC2)c1. The van der Waals surface area contributed by atoms with Crippen LogP contribution in [0.5, 0.6) is 0 Å². The van der Waals surface area contributed by atoms with Crippen molar-refractivity contribution in [2.24, 2.45) is 0 Å². The molecule has 1 fully saturated rings. The quantitative estimate of drug-likeness (QED) is 0.733. The van der Waals surface area contributed by atoms with Crippen molar-refractivity contribution in [3.05, 3.63) is 53.5 Å². The Labute approximate surface area is 139 Å². The maximum atomic E-state index is 5.40. The van der Waals surface area contributed by atoms with Crippen molar-refractivity contribution in [2.45, 2.75) is 25.3 Å². The van der Waals surface area contributed by atoms with Crippen LogP contribution in [0, 0.1) is 0 Å². The third kappa shape index (κ3) is 3.33. The molecule has 0 saturated carbocycles. The predicted octanol–water partition coefficient (Wildman–Crippen LogP) is 3.57. The number of nitrogens with zero attached hydrogens (tertiary/aromatic N) is 4. The number of aromatic nitrogens is 3. The van der Waals surface area contributed by atoms with Crippen molar-refractivity contribution in [1.82, 2.24) is 20.1 Å². The molecule has 0 spiro atoms. The first kappa shape index (κ1) is 14.5. The van der Waals surface area contributed by atoms with Gasteiger partial charge in [0.05, 0.1) is 6.26 Å². The Balaban J connectivity index is 1.36. The second-order valence-corrected chi connectivity index (χ2v) is 6.84. The Morgan fingerprint density at radius 3 is 2.83 bits per heavy atom. The van der Waals surface area contributed by atoms with Crippen molar-refractivity contribution in [2.75, 3.05) is 13.1 Å². The number of furan rings is 1. The average molecular weight is 326 g/mol. The van der Waals surface area contributed by atoms with E-state index in [1.54, 1.807) is 17.6 Å². The summed E-state index contributed by atoms with van der Waals surface area (Å²) < 4.78 is 5.40. The van der Waals surface area contributed by atoms with Gasteiger partial charge in [-0.25, -0.2) is 0 Å². The molecule has 3 aromatic heterocycles. The number of piperidine rings is 1. The monoisotopic (exact) mass is 326 g/mol. The normalized spacial score (nSPS) is 16.7. The molecule has 0 atom stereocenters. The molecule has 3 aromatic rings. The van der Waals surface area contributed by atoms with E-state index in [4.69, 9.17) is 4.42 Å². The fourth-order valence-electron chi connectivity index (χ4n) is 2.99. The molecule has 4 rings (SSSR count). The van der Waals surface area contributed by atoms with Crippen LogP contribution >= 0.6 is 11.3 Å². The van der Waals surface area contributed by atoms with Gasteiger partial charge in [-0.15, -0.1) is 10.2 Å². The van der Waals surface area contributed by atoms with Gasteiger partial charge < -0.3 is 4.42 Å². The largest absolute Gasteiger partial charge is 0.462 e. The molecule has 0 aromatic carbocycles. The molecule has 1 aliphatic heterocycles. The fourth-order valence-corrected chi connectivity index (χ4v) is 3.97. The van der Waals surface area contributed by atoms with Crippen LogP contribution in [0.4, 0.5) is 0 Å². The predicted molar refractivity (Wildman–Crippen MR) is 89.1 cm³/mol. The van der Waals surface area contributed by atoms with Gasteiger partial charge >= 0.3 is 0 Å². The highest BCUT2D eigenvalue weighted by atomic mass is 32.1. The van der Waals surface area contributed by atoms with Crippen LogP contribution in [-0.2, 0) is 6.54 Å². The van der Waals surface area contributed by atoms with Crippen LogP contribution in [0.15, 0.2) is 47.3 Å². The lowest BCUT2D eigenvalue weighted by molar-refractivity contribution is 0.204. The summed E-state index contributed by atoms with van der Waals surface area (Å²) in [7, 11) is 0. The van der Waals surface area contributed by atoms with Gasteiger partial charge in [0.25, 0.3) is 0 Å². The second kappa shape index (κ2) is 6.60. The molecule has 0 N–H and O–H groups in total. The first-order valence-electron chi connectivity index (χ1n) is 7.87. The zero-order valence-electron chi connectivity index (χ0n) is 12.8. The molecule has 0 unspecified atom stereocenters. The first-order chi connectivity index (χ1) is 11.4. The van der Waals surface area contributed by atoms with Crippen LogP contribution in [0.2, 0.25) is 0 Å². The standard InChI is InChI=1S/C17H18N4OS/c1-3-13(11-18-7-1)12-21-8-5-14(6-9-21)16-19-20-17(23-16)15-4-2-10-22-15/h1-4,7,10-11,14H,5-6,8-9,12H2. The lowest BCUT2D eigenvalue weighted by Crippen LogP contribution is -2.32. The van der Waals surface area contributed by atoms with E-state index in [0.29, 0.717) is 5.92 Å². The third-order valence-electron chi connectivity index (χ3n) is 4.24. The summed E-state index contributed by atoms with van der Waals surface area (Å²) in [5.74, 6) is 1.32. The number of hydrogen-bond donors (Lipinski definition) is 0. The van der Waals surface area contributed by atoms with E-state index in [-0.39, 0.29) is 0 Å². The first-order valence-corrected chi connectivity index (χ1v) is 8.68. The third-order valence-corrected chi connectivity index (χ3v) is 5.34. The summed E-state index contributed by atoms with van der Waals surface area (Å²) in [4.78, 5) is 6.68. The average Bonchev–Trinajstić information content (AvgIpc) is 3.28. The summed E-state index contributed by atoms with van der Waals surface area (Å²) in [5, 5.41) is 10.7. The smallest absolute Gasteiger partial charge is 0.183 e. The van der Waals surface area contributed by atoms with Crippen molar-refractivity contribution in [1.29, 1.82) is 0 Å². The minimum Gasteiger partial charge on any atom is -0.462 e. The molecule has 0 bridgehead atoms. The molecule has 6 heteroatoms. The second-order valence-electron chi connectivity index (χ2n) is 5.83. The van der Waals surface area contributed by atoms with Gasteiger partial charge in [-0.2, -0.15) is 0 Å². The molecule has 1 saturated heterocycles. The maximum Gasteiger partial charge on any atom is 0.183 e. The van der Waals surface area contributed by atoms with Crippen molar-refractivity contribution < 1.29 is 4.42 Å². The maximum absolute atomic E-state index is 5.40. The number of likely N-dealkylation sites (tertiary alicyclic amines) is 1. The number of hydrogen-bond acceptors (Lipinski definition) is 6. The molecule has 4 heterocycles. The topological polar surface area (TPSA) is 55.1 Å². The van der Waals surface area contributed by atoms with E-state index >= 15 is 0 Å². The summed E-state index contributed by atoms with van der Waals surface area (Å²) in [6.07, 6.45) is 7.71. The highest BCUT2D eigenvalue weighted by Gasteiger charge is 2.24. The Morgan fingerprint density at radius 2 is 2.09 bits per heavy atom. The van der Waals surface area contributed by atoms with E-state index in [1.165, 1.54) is 5.56 Å².